The predicted molar refractivity (Wildman–Crippen MR) is 55.2 cm³/mol. The molecule has 4 nitrogen and oxygen atoms in total. The smallest absolute Gasteiger partial charge is 0.304 e. The van der Waals surface area contributed by atoms with Crippen molar-refractivity contribution >= 4 is 32.9 Å². The summed E-state index contributed by atoms with van der Waals surface area (Å²) >= 11 is 3.33. The first kappa shape index (κ1) is 9.21. The van der Waals surface area contributed by atoms with Crippen molar-refractivity contribution in [1.29, 1.82) is 0 Å². The van der Waals surface area contributed by atoms with E-state index in [4.69, 9.17) is 10.2 Å². The van der Waals surface area contributed by atoms with E-state index < -0.39 is 5.91 Å². The molecule has 0 aliphatic rings. The molecule has 0 aliphatic heterocycles. The Labute approximate surface area is 88.2 Å². The van der Waals surface area contributed by atoms with E-state index >= 15 is 0 Å². The lowest BCUT2D eigenvalue weighted by molar-refractivity contribution is 0.0969. The van der Waals surface area contributed by atoms with Crippen molar-refractivity contribution in [2.45, 2.75) is 5.33 Å². The third kappa shape index (κ3) is 1.39. The molecular weight excluding hydrogens is 248 g/mol. The zero-order chi connectivity index (χ0) is 10.1. The second-order valence-corrected chi connectivity index (χ2v) is 3.34. The van der Waals surface area contributed by atoms with Gasteiger partial charge in [-0.25, -0.2) is 4.98 Å². The van der Waals surface area contributed by atoms with Crippen LogP contribution in [0.5, 0.6) is 0 Å². The summed E-state index contributed by atoms with van der Waals surface area (Å²) in [4.78, 5) is 14.8. The van der Waals surface area contributed by atoms with Gasteiger partial charge < -0.3 is 10.2 Å². The predicted octanol–water partition coefficient (Wildman–Crippen LogP) is 1.82. The quantitative estimate of drug-likeness (QED) is 0.832. The van der Waals surface area contributed by atoms with Gasteiger partial charge in [0, 0.05) is 5.33 Å². The summed E-state index contributed by atoms with van der Waals surface area (Å²) in [6.07, 6.45) is 0. The molecule has 1 aromatic carbocycles. The second-order valence-electron chi connectivity index (χ2n) is 2.78. The molecule has 0 radical (unpaired) electrons. The van der Waals surface area contributed by atoms with Crippen LogP contribution in [0.25, 0.3) is 11.1 Å². The van der Waals surface area contributed by atoms with Crippen molar-refractivity contribution < 1.29 is 9.21 Å². The van der Waals surface area contributed by atoms with Crippen LogP contribution in [0, 0.1) is 0 Å². The zero-order valence-corrected chi connectivity index (χ0v) is 8.74. The maximum absolute atomic E-state index is 10.8. The molecule has 14 heavy (non-hydrogen) atoms. The topological polar surface area (TPSA) is 69.1 Å². The first-order valence-corrected chi connectivity index (χ1v) is 5.08. The Balaban J connectivity index is 2.70. The summed E-state index contributed by atoms with van der Waals surface area (Å²) in [6.45, 7) is 0. The molecular formula is C9H7BrN2O2. The highest BCUT2D eigenvalue weighted by Crippen LogP contribution is 2.21. The molecule has 0 fully saturated rings. The minimum Gasteiger partial charge on any atom is -0.432 e. The van der Waals surface area contributed by atoms with Gasteiger partial charge in [-0.3, -0.25) is 4.79 Å². The van der Waals surface area contributed by atoms with E-state index in [1.807, 2.05) is 12.1 Å². The molecule has 0 bridgehead atoms. The number of primary amides is 1. The van der Waals surface area contributed by atoms with Crippen LogP contribution in [0.3, 0.4) is 0 Å². The number of hydrogen-bond acceptors (Lipinski definition) is 3. The van der Waals surface area contributed by atoms with Crippen LogP contribution < -0.4 is 5.73 Å². The lowest BCUT2D eigenvalue weighted by atomic mass is 10.2. The van der Waals surface area contributed by atoms with E-state index in [9.17, 15) is 4.79 Å². The monoisotopic (exact) mass is 254 g/mol. The number of fused-ring (bicyclic) bond motifs is 1. The third-order valence-corrected chi connectivity index (χ3v) is 2.46. The molecule has 72 valence electrons. The van der Waals surface area contributed by atoms with Crippen LogP contribution >= 0.6 is 15.9 Å². The first-order chi connectivity index (χ1) is 6.72. The van der Waals surface area contributed by atoms with E-state index in [1.165, 1.54) is 0 Å². The van der Waals surface area contributed by atoms with Gasteiger partial charge in [0.2, 0.25) is 0 Å². The largest absolute Gasteiger partial charge is 0.432 e. The molecule has 0 aliphatic carbocycles. The Kier molecular flexibility index (Phi) is 2.25. The molecule has 2 rings (SSSR count). The fraction of sp³-hybridized carbons (Fsp3) is 0.111. The number of amides is 1. The first-order valence-electron chi connectivity index (χ1n) is 3.96. The van der Waals surface area contributed by atoms with Crippen molar-refractivity contribution in [3.63, 3.8) is 0 Å². The number of aromatic nitrogens is 1. The number of halogens is 1. The number of para-hydroxylation sites is 1. The van der Waals surface area contributed by atoms with Crippen molar-refractivity contribution in [3.8, 4) is 0 Å². The summed E-state index contributed by atoms with van der Waals surface area (Å²) in [5.74, 6) is -0.699. The number of nitrogens with zero attached hydrogens (tertiary/aromatic N) is 1. The number of carbonyl (C=O) groups excluding carboxylic acids is 1. The lowest BCUT2D eigenvalue weighted by Gasteiger charge is -1.92. The van der Waals surface area contributed by atoms with Crippen LogP contribution in [0.1, 0.15) is 16.2 Å². The minimum atomic E-state index is -0.651. The molecule has 0 spiro atoms. The third-order valence-electron chi connectivity index (χ3n) is 1.86. The number of hydrogen-bond donors (Lipinski definition) is 1. The van der Waals surface area contributed by atoms with Crippen LogP contribution in [0.15, 0.2) is 22.6 Å². The van der Waals surface area contributed by atoms with Crippen LogP contribution in [0.4, 0.5) is 0 Å². The molecule has 2 N–H and O–H groups in total. The molecule has 1 heterocycles. The summed E-state index contributed by atoms with van der Waals surface area (Å²) in [6, 6.07) is 5.50. The fourth-order valence-corrected chi connectivity index (χ4v) is 1.67. The molecule has 1 amide bonds. The summed E-state index contributed by atoms with van der Waals surface area (Å²) in [7, 11) is 0. The molecule has 0 saturated carbocycles. The van der Waals surface area contributed by atoms with Gasteiger partial charge in [-0.2, -0.15) is 0 Å². The Hall–Kier alpha value is -1.36. The van der Waals surface area contributed by atoms with Gasteiger partial charge in [0.25, 0.3) is 5.89 Å². The Morgan fingerprint density at radius 2 is 2.36 bits per heavy atom. The number of oxazole rings is 1. The molecule has 0 saturated heterocycles. The molecule has 2 aromatic rings. The van der Waals surface area contributed by atoms with Gasteiger partial charge >= 0.3 is 5.91 Å². The average molecular weight is 255 g/mol. The zero-order valence-electron chi connectivity index (χ0n) is 7.16. The second kappa shape index (κ2) is 3.42. The highest BCUT2D eigenvalue weighted by molar-refractivity contribution is 9.08. The number of nitrogens with two attached hydrogens (primary N) is 1. The molecule has 1 aromatic heterocycles. The number of rotatable bonds is 2. The van der Waals surface area contributed by atoms with Crippen LogP contribution in [-0.4, -0.2) is 10.9 Å². The van der Waals surface area contributed by atoms with Crippen molar-refractivity contribution in [1.82, 2.24) is 4.98 Å². The average Bonchev–Trinajstić information content (AvgIpc) is 2.60. The van der Waals surface area contributed by atoms with Crippen molar-refractivity contribution in [2.75, 3.05) is 0 Å². The summed E-state index contributed by atoms with van der Waals surface area (Å²) in [5.41, 5.74) is 7.29. The molecule has 0 atom stereocenters. The van der Waals surface area contributed by atoms with E-state index in [0.29, 0.717) is 16.4 Å². The van der Waals surface area contributed by atoms with E-state index in [1.54, 1.807) is 6.07 Å². The number of alkyl halides is 1. The Bertz CT molecular complexity index is 493. The van der Waals surface area contributed by atoms with Gasteiger partial charge in [0.05, 0.1) is 0 Å². The minimum absolute atomic E-state index is 0.0478. The number of carbonyl (C=O) groups is 1. The fourth-order valence-electron chi connectivity index (χ4n) is 1.22. The van der Waals surface area contributed by atoms with Crippen LogP contribution in [-0.2, 0) is 5.33 Å². The number of benzene rings is 1. The standard InChI is InChI=1S/C9H7BrN2O2/c10-4-5-2-1-3-6-7(5)12-9(14-6)8(11)13/h1-3H,4H2,(H2,11,13). The Morgan fingerprint density at radius 1 is 1.57 bits per heavy atom. The van der Waals surface area contributed by atoms with E-state index in [0.717, 1.165) is 5.56 Å². The van der Waals surface area contributed by atoms with Gasteiger partial charge in [-0.1, -0.05) is 28.1 Å². The summed E-state index contributed by atoms with van der Waals surface area (Å²) in [5, 5.41) is 0.662. The summed E-state index contributed by atoms with van der Waals surface area (Å²) < 4.78 is 5.17. The van der Waals surface area contributed by atoms with Gasteiger partial charge in [0.1, 0.15) is 5.52 Å². The van der Waals surface area contributed by atoms with Gasteiger partial charge in [-0.05, 0) is 11.6 Å². The maximum atomic E-state index is 10.8. The lowest BCUT2D eigenvalue weighted by Crippen LogP contribution is -2.10. The van der Waals surface area contributed by atoms with Crippen LogP contribution in [0.2, 0.25) is 0 Å². The van der Waals surface area contributed by atoms with Crippen molar-refractivity contribution in [3.05, 3.63) is 29.7 Å². The van der Waals surface area contributed by atoms with Gasteiger partial charge in [0.15, 0.2) is 5.58 Å². The Morgan fingerprint density at radius 3 is 3.00 bits per heavy atom. The molecule has 5 heteroatoms. The molecule has 0 unspecified atom stereocenters. The van der Waals surface area contributed by atoms with Crippen molar-refractivity contribution in [2.24, 2.45) is 5.73 Å². The SMILES string of the molecule is NC(=O)c1nc2c(CBr)cccc2o1. The van der Waals surface area contributed by atoms with Gasteiger partial charge in [-0.15, -0.1) is 0 Å². The van der Waals surface area contributed by atoms with E-state index in [-0.39, 0.29) is 5.89 Å². The highest BCUT2D eigenvalue weighted by Gasteiger charge is 2.12. The normalized spacial score (nSPS) is 10.6. The van der Waals surface area contributed by atoms with E-state index in [2.05, 4.69) is 20.9 Å². The highest BCUT2D eigenvalue weighted by atomic mass is 79.9. The maximum Gasteiger partial charge on any atom is 0.304 e.